The zero-order chi connectivity index (χ0) is 15.5. The van der Waals surface area contributed by atoms with Crippen molar-refractivity contribution in [2.45, 2.75) is 17.2 Å². The fraction of sp³-hybridized carbons (Fsp3) is 0.200. The van der Waals surface area contributed by atoms with E-state index >= 15 is 0 Å². The summed E-state index contributed by atoms with van der Waals surface area (Å²) in [5.41, 5.74) is 6.29. The average molecular weight is 309 g/mol. The summed E-state index contributed by atoms with van der Waals surface area (Å²) in [6, 6.07) is 10.4. The second-order valence-corrected chi connectivity index (χ2v) is 6.56. The first-order chi connectivity index (χ1) is 9.96. The van der Waals surface area contributed by atoms with Crippen LogP contribution in [0.3, 0.4) is 0 Å². The predicted octanol–water partition coefficient (Wildman–Crippen LogP) is 2.27. The molecule has 0 spiro atoms. The zero-order valence-corrected chi connectivity index (χ0v) is 12.4. The van der Waals surface area contributed by atoms with Gasteiger partial charge in [-0.05, 0) is 29.8 Å². The SMILES string of the molecule is COc1cccc(S(=O)(=O)Cc2cc(CN)ccc2F)c1. The van der Waals surface area contributed by atoms with Crippen LogP contribution in [-0.2, 0) is 22.1 Å². The topological polar surface area (TPSA) is 69.4 Å². The van der Waals surface area contributed by atoms with Gasteiger partial charge < -0.3 is 10.5 Å². The molecule has 0 aliphatic rings. The molecule has 0 saturated carbocycles. The third-order valence-electron chi connectivity index (χ3n) is 3.09. The first-order valence-electron chi connectivity index (χ1n) is 6.30. The summed E-state index contributed by atoms with van der Waals surface area (Å²) in [5.74, 6) is -0.536. The minimum Gasteiger partial charge on any atom is -0.497 e. The summed E-state index contributed by atoms with van der Waals surface area (Å²) in [4.78, 5) is 0.0967. The van der Waals surface area contributed by atoms with Crippen molar-refractivity contribution in [2.75, 3.05) is 7.11 Å². The quantitative estimate of drug-likeness (QED) is 0.920. The van der Waals surface area contributed by atoms with Crippen molar-refractivity contribution < 1.29 is 17.5 Å². The van der Waals surface area contributed by atoms with Crippen molar-refractivity contribution in [1.29, 1.82) is 0 Å². The Balaban J connectivity index is 2.37. The lowest BCUT2D eigenvalue weighted by atomic mass is 10.1. The van der Waals surface area contributed by atoms with Gasteiger partial charge in [0.05, 0.1) is 17.8 Å². The smallest absolute Gasteiger partial charge is 0.182 e. The van der Waals surface area contributed by atoms with E-state index in [2.05, 4.69) is 0 Å². The molecule has 0 atom stereocenters. The number of ether oxygens (including phenoxy) is 1. The molecule has 0 aliphatic carbocycles. The van der Waals surface area contributed by atoms with E-state index in [0.717, 1.165) is 0 Å². The van der Waals surface area contributed by atoms with Gasteiger partial charge >= 0.3 is 0 Å². The maximum atomic E-state index is 13.8. The molecule has 0 heterocycles. The second kappa shape index (κ2) is 6.24. The van der Waals surface area contributed by atoms with Gasteiger partial charge in [-0.3, -0.25) is 0 Å². The van der Waals surface area contributed by atoms with Gasteiger partial charge in [0, 0.05) is 12.1 Å². The summed E-state index contributed by atoms with van der Waals surface area (Å²) in [6.45, 7) is 0.229. The minimum absolute atomic E-state index is 0.0967. The van der Waals surface area contributed by atoms with E-state index < -0.39 is 21.4 Å². The number of methoxy groups -OCH3 is 1. The first-order valence-corrected chi connectivity index (χ1v) is 7.95. The highest BCUT2D eigenvalue weighted by atomic mass is 32.2. The van der Waals surface area contributed by atoms with Gasteiger partial charge in [-0.2, -0.15) is 0 Å². The highest BCUT2D eigenvalue weighted by Crippen LogP contribution is 2.22. The largest absolute Gasteiger partial charge is 0.497 e. The van der Waals surface area contributed by atoms with Gasteiger partial charge in [-0.25, -0.2) is 12.8 Å². The molecule has 0 saturated heterocycles. The molecule has 112 valence electrons. The van der Waals surface area contributed by atoms with E-state index in [4.69, 9.17) is 10.5 Å². The molecule has 0 unspecified atom stereocenters. The van der Waals surface area contributed by atoms with Crippen LogP contribution in [0.2, 0.25) is 0 Å². The van der Waals surface area contributed by atoms with Crippen molar-refractivity contribution >= 4 is 9.84 Å². The van der Waals surface area contributed by atoms with Crippen LogP contribution in [0.25, 0.3) is 0 Å². The Hall–Kier alpha value is -1.92. The maximum Gasteiger partial charge on any atom is 0.182 e. The molecule has 0 fully saturated rings. The molecule has 0 bridgehead atoms. The lowest BCUT2D eigenvalue weighted by Gasteiger charge is -2.08. The Kier molecular flexibility index (Phi) is 4.59. The molecule has 2 N–H and O–H groups in total. The van der Waals surface area contributed by atoms with E-state index in [1.165, 1.54) is 37.4 Å². The molecule has 6 heteroatoms. The number of sulfone groups is 1. The predicted molar refractivity (Wildman–Crippen MR) is 78.2 cm³/mol. The number of benzene rings is 2. The lowest BCUT2D eigenvalue weighted by molar-refractivity contribution is 0.413. The van der Waals surface area contributed by atoms with Gasteiger partial charge in [0.15, 0.2) is 9.84 Å². The summed E-state index contributed by atoms with van der Waals surface area (Å²) in [6.07, 6.45) is 0. The Bertz CT molecular complexity index is 744. The molecule has 2 aromatic carbocycles. The normalized spacial score (nSPS) is 11.4. The van der Waals surface area contributed by atoms with Gasteiger partial charge in [-0.1, -0.05) is 18.2 Å². The van der Waals surface area contributed by atoms with Crippen molar-refractivity contribution in [3.05, 3.63) is 59.4 Å². The Labute approximate surface area is 123 Å². The maximum absolute atomic E-state index is 13.8. The van der Waals surface area contributed by atoms with Gasteiger partial charge in [-0.15, -0.1) is 0 Å². The summed E-state index contributed by atoms with van der Waals surface area (Å²) >= 11 is 0. The van der Waals surface area contributed by atoms with Gasteiger partial charge in [0.2, 0.25) is 0 Å². The van der Waals surface area contributed by atoms with Crippen LogP contribution >= 0.6 is 0 Å². The summed E-state index contributed by atoms with van der Waals surface area (Å²) < 4.78 is 43.5. The van der Waals surface area contributed by atoms with Crippen molar-refractivity contribution in [2.24, 2.45) is 5.73 Å². The number of nitrogens with two attached hydrogens (primary N) is 1. The monoisotopic (exact) mass is 309 g/mol. The summed E-state index contributed by atoms with van der Waals surface area (Å²) in [7, 11) is -2.20. The lowest BCUT2D eigenvalue weighted by Crippen LogP contribution is -2.08. The van der Waals surface area contributed by atoms with E-state index in [0.29, 0.717) is 11.3 Å². The molecule has 2 aromatic rings. The van der Waals surface area contributed by atoms with Crippen LogP contribution in [0, 0.1) is 5.82 Å². The molecule has 0 radical (unpaired) electrons. The van der Waals surface area contributed by atoms with Crippen molar-refractivity contribution in [3.63, 3.8) is 0 Å². The minimum atomic E-state index is -3.65. The molecule has 0 aliphatic heterocycles. The van der Waals surface area contributed by atoms with E-state index in [1.54, 1.807) is 12.1 Å². The third-order valence-corrected chi connectivity index (χ3v) is 4.75. The standard InChI is InChI=1S/C15H16FNO3S/c1-20-13-3-2-4-14(8-13)21(18,19)10-12-7-11(9-17)5-6-15(12)16/h2-8H,9-10,17H2,1H3. The van der Waals surface area contributed by atoms with Crippen LogP contribution in [0.1, 0.15) is 11.1 Å². The molecule has 0 amide bonds. The van der Waals surface area contributed by atoms with E-state index in [9.17, 15) is 12.8 Å². The average Bonchev–Trinajstić information content (AvgIpc) is 2.49. The molecular formula is C15H16FNO3S. The third kappa shape index (κ3) is 3.59. The van der Waals surface area contributed by atoms with Crippen molar-refractivity contribution in [3.8, 4) is 5.75 Å². The fourth-order valence-electron chi connectivity index (χ4n) is 1.95. The number of hydrogen-bond donors (Lipinski definition) is 1. The van der Waals surface area contributed by atoms with Gasteiger partial charge in [0.25, 0.3) is 0 Å². The number of halogens is 1. The van der Waals surface area contributed by atoms with Gasteiger partial charge in [0.1, 0.15) is 11.6 Å². The highest BCUT2D eigenvalue weighted by molar-refractivity contribution is 7.90. The van der Waals surface area contributed by atoms with Crippen LogP contribution in [0.5, 0.6) is 5.75 Å². The van der Waals surface area contributed by atoms with Crippen LogP contribution < -0.4 is 10.5 Å². The Morgan fingerprint density at radius 3 is 2.62 bits per heavy atom. The molecule has 4 nitrogen and oxygen atoms in total. The molecule has 2 rings (SSSR count). The van der Waals surface area contributed by atoms with Crippen molar-refractivity contribution in [1.82, 2.24) is 0 Å². The Morgan fingerprint density at radius 1 is 1.19 bits per heavy atom. The van der Waals surface area contributed by atoms with Crippen LogP contribution in [-0.4, -0.2) is 15.5 Å². The number of hydrogen-bond acceptors (Lipinski definition) is 4. The molecule has 0 aromatic heterocycles. The number of rotatable bonds is 5. The second-order valence-electron chi connectivity index (χ2n) is 4.57. The summed E-state index contributed by atoms with van der Waals surface area (Å²) in [5, 5.41) is 0. The molecule has 21 heavy (non-hydrogen) atoms. The first kappa shape index (κ1) is 15.5. The van der Waals surface area contributed by atoms with Crippen LogP contribution in [0.4, 0.5) is 4.39 Å². The fourth-order valence-corrected chi connectivity index (χ4v) is 3.33. The highest BCUT2D eigenvalue weighted by Gasteiger charge is 2.18. The van der Waals surface area contributed by atoms with E-state index in [1.807, 2.05) is 0 Å². The Morgan fingerprint density at radius 2 is 1.95 bits per heavy atom. The van der Waals surface area contributed by atoms with Crippen LogP contribution in [0.15, 0.2) is 47.4 Å². The molecular weight excluding hydrogens is 293 g/mol. The zero-order valence-electron chi connectivity index (χ0n) is 11.5. The van der Waals surface area contributed by atoms with E-state index in [-0.39, 0.29) is 17.0 Å².